The molecule has 1 nitrogen and oxygen atoms in total. The van der Waals surface area contributed by atoms with Gasteiger partial charge in [-0.1, -0.05) is 6.92 Å². The Morgan fingerprint density at radius 1 is 1.36 bits per heavy atom. The lowest BCUT2D eigenvalue weighted by atomic mass is 10.0. The molecule has 1 unspecified atom stereocenters. The monoisotopic (exact) mass is 170 g/mol. The number of alkyl halides is 3. The van der Waals surface area contributed by atoms with Crippen molar-refractivity contribution in [3.63, 3.8) is 0 Å². The third-order valence-electron chi connectivity index (χ3n) is 1.67. The Labute approximate surface area is 64.2 Å². The lowest BCUT2D eigenvalue weighted by Gasteiger charge is -2.17. The molecular formula is C7H13F3O. The molecule has 0 rings (SSSR count). The number of halogens is 3. The van der Waals surface area contributed by atoms with Gasteiger partial charge < -0.3 is 5.11 Å². The van der Waals surface area contributed by atoms with E-state index >= 15 is 0 Å². The van der Waals surface area contributed by atoms with Gasteiger partial charge in [0.25, 0.3) is 0 Å². The highest BCUT2D eigenvalue weighted by molar-refractivity contribution is 4.65. The van der Waals surface area contributed by atoms with Crippen molar-refractivity contribution in [3.8, 4) is 0 Å². The Morgan fingerprint density at radius 2 is 1.91 bits per heavy atom. The maximum atomic E-state index is 12.0. The summed E-state index contributed by atoms with van der Waals surface area (Å²) in [5.41, 5.74) is 0. The summed E-state index contributed by atoms with van der Waals surface area (Å²) in [4.78, 5) is 0. The third kappa shape index (κ3) is 4.24. The smallest absolute Gasteiger partial charge is 0.391 e. The summed E-state index contributed by atoms with van der Waals surface area (Å²) in [5, 5.41) is 8.31. The molecule has 0 aliphatic rings. The molecule has 1 atom stereocenters. The van der Waals surface area contributed by atoms with E-state index in [0.717, 1.165) is 0 Å². The standard InChI is InChI=1S/C7H13F3O/c1-2-6(4-3-5-11)7(8,9)10/h6,11H,2-5H2,1H3. The summed E-state index contributed by atoms with van der Waals surface area (Å²) < 4.78 is 35.9. The first-order valence-corrected chi connectivity index (χ1v) is 3.70. The SMILES string of the molecule is CCC(CCCO)C(F)(F)F. The third-order valence-corrected chi connectivity index (χ3v) is 1.67. The van der Waals surface area contributed by atoms with Crippen LogP contribution in [0, 0.1) is 5.92 Å². The van der Waals surface area contributed by atoms with Crippen LogP contribution in [0.2, 0.25) is 0 Å². The highest BCUT2D eigenvalue weighted by Gasteiger charge is 2.37. The van der Waals surface area contributed by atoms with Gasteiger partial charge in [0.15, 0.2) is 0 Å². The van der Waals surface area contributed by atoms with Gasteiger partial charge in [-0.25, -0.2) is 0 Å². The fourth-order valence-corrected chi connectivity index (χ4v) is 0.937. The Bertz CT molecular complexity index is 100. The van der Waals surface area contributed by atoms with Crippen molar-refractivity contribution in [2.45, 2.75) is 32.4 Å². The number of hydrogen-bond acceptors (Lipinski definition) is 1. The molecule has 0 heterocycles. The molecule has 0 aromatic heterocycles. The van der Waals surface area contributed by atoms with Crippen LogP contribution in [0.4, 0.5) is 13.2 Å². The van der Waals surface area contributed by atoms with Crippen LogP contribution in [0.1, 0.15) is 26.2 Å². The molecule has 0 aromatic rings. The van der Waals surface area contributed by atoms with Gasteiger partial charge in [0.1, 0.15) is 0 Å². The van der Waals surface area contributed by atoms with Crippen LogP contribution >= 0.6 is 0 Å². The summed E-state index contributed by atoms with van der Waals surface area (Å²) in [6.45, 7) is 1.35. The summed E-state index contributed by atoms with van der Waals surface area (Å²) in [6.07, 6.45) is -3.72. The van der Waals surface area contributed by atoms with Gasteiger partial charge in [0.05, 0.1) is 5.92 Å². The minimum atomic E-state index is -4.09. The van der Waals surface area contributed by atoms with E-state index in [-0.39, 0.29) is 25.9 Å². The van der Waals surface area contributed by atoms with Gasteiger partial charge in [-0.05, 0) is 19.3 Å². The average Bonchev–Trinajstić information content (AvgIpc) is 1.87. The minimum absolute atomic E-state index is 0.0382. The molecule has 1 N–H and O–H groups in total. The first-order valence-electron chi connectivity index (χ1n) is 3.70. The van der Waals surface area contributed by atoms with Gasteiger partial charge in [0, 0.05) is 6.61 Å². The summed E-state index contributed by atoms with van der Waals surface area (Å²) >= 11 is 0. The molecule has 0 aromatic carbocycles. The maximum absolute atomic E-state index is 12.0. The molecule has 0 spiro atoms. The van der Waals surface area contributed by atoms with Gasteiger partial charge in [0.2, 0.25) is 0 Å². The van der Waals surface area contributed by atoms with Crippen LogP contribution in [0.25, 0.3) is 0 Å². The van der Waals surface area contributed by atoms with Gasteiger partial charge in [-0.3, -0.25) is 0 Å². The predicted molar refractivity (Wildman–Crippen MR) is 36.2 cm³/mol. The quantitative estimate of drug-likeness (QED) is 0.686. The Kier molecular flexibility index (Phi) is 4.49. The topological polar surface area (TPSA) is 20.2 Å². The summed E-state index contributed by atoms with van der Waals surface area (Å²) in [6, 6.07) is 0. The van der Waals surface area contributed by atoms with Crippen molar-refractivity contribution in [2.75, 3.05) is 6.61 Å². The Hall–Kier alpha value is -0.250. The van der Waals surface area contributed by atoms with Gasteiger partial charge in [-0.2, -0.15) is 13.2 Å². The fourth-order valence-electron chi connectivity index (χ4n) is 0.937. The second-order valence-corrected chi connectivity index (χ2v) is 2.51. The number of aliphatic hydroxyl groups excluding tert-OH is 1. The molecule has 0 aliphatic carbocycles. The lowest BCUT2D eigenvalue weighted by Crippen LogP contribution is -2.22. The van der Waals surface area contributed by atoms with E-state index in [1.54, 1.807) is 0 Å². The largest absolute Gasteiger partial charge is 0.396 e. The molecule has 0 radical (unpaired) electrons. The molecule has 11 heavy (non-hydrogen) atoms. The van der Waals surface area contributed by atoms with Crippen molar-refractivity contribution in [3.05, 3.63) is 0 Å². The van der Waals surface area contributed by atoms with Crippen molar-refractivity contribution in [1.29, 1.82) is 0 Å². The zero-order chi connectivity index (χ0) is 8.91. The summed E-state index contributed by atoms with van der Waals surface area (Å²) in [5.74, 6) is -1.24. The lowest BCUT2D eigenvalue weighted by molar-refractivity contribution is -0.177. The van der Waals surface area contributed by atoms with Crippen molar-refractivity contribution in [1.82, 2.24) is 0 Å². The zero-order valence-electron chi connectivity index (χ0n) is 6.49. The highest BCUT2D eigenvalue weighted by Crippen LogP contribution is 2.31. The molecule has 0 bridgehead atoms. The number of rotatable bonds is 4. The molecule has 0 aliphatic heterocycles. The zero-order valence-corrected chi connectivity index (χ0v) is 6.49. The van der Waals surface area contributed by atoms with Gasteiger partial charge in [-0.15, -0.1) is 0 Å². The van der Waals surface area contributed by atoms with E-state index in [1.165, 1.54) is 6.92 Å². The van der Waals surface area contributed by atoms with Crippen LogP contribution in [-0.4, -0.2) is 17.9 Å². The second kappa shape index (κ2) is 4.59. The molecule has 0 amide bonds. The van der Waals surface area contributed by atoms with Crippen LogP contribution in [0.15, 0.2) is 0 Å². The maximum Gasteiger partial charge on any atom is 0.391 e. The highest BCUT2D eigenvalue weighted by atomic mass is 19.4. The minimum Gasteiger partial charge on any atom is -0.396 e. The Morgan fingerprint density at radius 3 is 2.18 bits per heavy atom. The van der Waals surface area contributed by atoms with Crippen LogP contribution < -0.4 is 0 Å². The average molecular weight is 170 g/mol. The van der Waals surface area contributed by atoms with E-state index in [0.29, 0.717) is 0 Å². The van der Waals surface area contributed by atoms with Crippen LogP contribution in [-0.2, 0) is 0 Å². The van der Waals surface area contributed by atoms with E-state index in [2.05, 4.69) is 0 Å². The van der Waals surface area contributed by atoms with Gasteiger partial charge >= 0.3 is 6.18 Å². The van der Waals surface area contributed by atoms with Crippen molar-refractivity contribution < 1.29 is 18.3 Å². The molecule has 0 saturated carbocycles. The van der Waals surface area contributed by atoms with E-state index in [1.807, 2.05) is 0 Å². The molecule has 0 fully saturated rings. The fraction of sp³-hybridized carbons (Fsp3) is 1.00. The first kappa shape index (κ1) is 10.8. The number of aliphatic hydroxyl groups is 1. The molecule has 68 valence electrons. The number of hydrogen-bond donors (Lipinski definition) is 1. The molecule has 4 heteroatoms. The molecular weight excluding hydrogens is 157 g/mol. The second-order valence-electron chi connectivity index (χ2n) is 2.51. The normalized spacial score (nSPS) is 15.0. The predicted octanol–water partition coefficient (Wildman–Crippen LogP) is 2.35. The summed E-state index contributed by atoms with van der Waals surface area (Å²) in [7, 11) is 0. The first-order chi connectivity index (χ1) is 5.02. The van der Waals surface area contributed by atoms with Crippen molar-refractivity contribution in [2.24, 2.45) is 5.92 Å². The molecule has 0 saturated heterocycles. The van der Waals surface area contributed by atoms with Crippen LogP contribution in [0.5, 0.6) is 0 Å². The Balaban J connectivity index is 3.76. The van der Waals surface area contributed by atoms with E-state index in [4.69, 9.17) is 5.11 Å². The van der Waals surface area contributed by atoms with E-state index < -0.39 is 12.1 Å². The van der Waals surface area contributed by atoms with Crippen molar-refractivity contribution >= 4 is 0 Å². The van der Waals surface area contributed by atoms with Crippen LogP contribution in [0.3, 0.4) is 0 Å². The van der Waals surface area contributed by atoms with E-state index in [9.17, 15) is 13.2 Å².